The van der Waals surface area contributed by atoms with Crippen LogP contribution in [0, 0.1) is 0 Å². The van der Waals surface area contributed by atoms with Crippen LogP contribution in [0.25, 0.3) is 0 Å². The van der Waals surface area contributed by atoms with Crippen molar-refractivity contribution in [2.45, 2.75) is 19.4 Å². The molecule has 0 saturated heterocycles. The molecule has 0 spiro atoms. The number of halogens is 1. The van der Waals surface area contributed by atoms with Gasteiger partial charge in [-0.15, -0.1) is 0 Å². The molecule has 1 aliphatic heterocycles. The number of fused-ring (bicyclic) bond motifs is 1. The van der Waals surface area contributed by atoms with E-state index in [1.165, 1.54) is 4.90 Å². The molecule has 1 atom stereocenters. The highest BCUT2D eigenvalue weighted by atomic mass is 35.5. The highest BCUT2D eigenvalue weighted by Gasteiger charge is 2.38. The first-order valence-electron chi connectivity index (χ1n) is 11.1. The van der Waals surface area contributed by atoms with Gasteiger partial charge < -0.3 is 20.1 Å². The van der Waals surface area contributed by atoms with Crippen LogP contribution in [0.15, 0.2) is 72.8 Å². The topological polar surface area (TPSA) is 97.0 Å². The van der Waals surface area contributed by atoms with Gasteiger partial charge in [-0.05, 0) is 55.5 Å². The zero-order valence-corrected chi connectivity index (χ0v) is 19.7. The Kier molecular flexibility index (Phi) is 7.52. The van der Waals surface area contributed by atoms with Gasteiger partial charge in [0.2, 0.25) is 11.8 Å². The molecule has 9 heteroatoms. The van der Waals surface area contributed by atoms with Crippen LogP contribution in [-0.2, 0) is 14.4 Å². The third-order valence-electron chi connectivity index (χ3n) is 5.32. The van der Waals surface area contributed by atoms with E-state index in [0.29, 0.717) is 40.2 Å². The first kappa shape index (κ1) is 24.1. The van der Waals surface area contributed by atoms with Crippen LogP contribution in [-0.4, -0.2) is 37.0 Å². The molecular formula is C26H24ClN3O5. The molecule has 0 radical (unpaired) electrons. The van der Waals surface area contributed by atoms with E-state index >= 15 is 0 Å². The largest absolute Gasteiger partial charge is 0.492 e. The van der Waals surface area contributed by atoms with Gasteiger partial charge >= 0.3 is 0 Å². The summed E-state index contributed by atoms with van der Waals surface area (Å²) in [5, 5.41) is 6.11. The second-order valence-electron chi connectivity index (χ2n) is 7.71. The molecule has 2 N–H and O–H groups in total. The average Bonchev–Trinajstić information content (AvgIpc) is 2.85. The monoisotopic (exact) mass is 493 g/mol. The third-order valence-corrected chi connectivity index (χ3v) is 5.57. The van der Waals surface area contributed by atoms with Crippen molar-refractivity contribution >= 4 is 46.4 Å². The molecule has 0 aromatic heterocycles. The molecule has 3 aromatic rings. The number of carbonyl (C=O) groups excluding carboxylic acids is 3. The minimum Gasteiger partial charge on any atom is -0.492 e. The molecule has 1 aliphatic rings. The molecule has 35 heavy (non-hydrogen) atoms. The average molecular weight is 494 g/mol. The Balaban J connectivity index is 1.54. The van der Waals surface area contributed by atoms with Crippen molar-refractivity contribution in [1.29, 1.82) is 0 Å². The number of carbonyl (C=O) groups is 3. The fourth-order valence-electron chi connectivity index (χ4n) is 3.76. The maximum absolute atomic E-state index is 13.3. The third kappa shape index (κ3) is 5.73. The lowest BCUT2D eigenvalue weighted by Gasteiger charge is -2.36. The standard InChI is InChI=1S/C26H24ClN3O5/c1-2-34-23-10-6-4-8-20(23)28-24(31)15-22-26(33)29-19-7-3-5-9-21(19)30(22)25(32)16-35-18-13-11-17(27)12-14-18/h3-14,22H,2,15-16H2,1H3,(H,28,31)(H,29,33)/t22-/m1/s1. The van der Waals surface area contributed by atoms with Crippen molar-refractivity contribution < 1.29 is 23.9 Å². The Morgan fingerprint density at radius 1 is 1.00 bits per heavy atom. The molecule has 3 amide bonds. The molecule has 0 fully saturated rings. The van der Waals surface area contributed by atoms with E-state index < -0.39 is 23.8 Å². The Bertz CT molecular complexity index is 1230. The maximum atomic E-state index is 13.3. The number of amides is 3. The zero-order valence-electron chi connectivity index (χ0n) is 19.0. The van der Waals surface area contributed by atoms with E-state index in [0.717, 1.165) is 0 Å². The number of hydrogen-bond donors (Lipinski definition) is 2. The second-order valence-corrected chi connectivity index (χ2v) is 8.15. The lowest BCUT2D eigenvalue weighted by Crippen LogP contribution is -2.53. The number of para-hydroxylation sites is 4. The van der Waals surface area contributed by atoms with Crippen LogP contribution >= 0.6 is 11.6 Å². The molecule has 0 bridgehead atoms. The zero-order chi connectivity index (χ0) is 24.8. The number of anilines is 3. The van der Waals surface area contributed by atoms with E-state index in [4.69, 9.17) is 21.1 Å². The second kappa shape index (κ2) is 10.9. The van der Waals surface area contributed by atoms with Gasteiger partial charge in [0.1, 0.15) is 17.5 Å². The van der Waals surface area contributed by atoms with E-state index in [2.05, 4.69) is 10.6 Å². The van der Waals surface area contributed by atoms with Gasteiger partial charge in [0.25, 0.3) is 5.91 Å². The summed E-state index contributed by atoms with van der Waals surface area (Å²) < 4.78 is 11.2. The van der Waals surface area contributed by atoms with E-state index in [-0.39, 0.29) is 13.0 Å². The Morgan fingerprint density at radius 3 is 2.49 bits per heavy atom. The predicted molar refractivity (Wildman–Crippen MR) is 134 cm³/mol. The first-order valence-corrected chi connectivity index (χ1v) is 11.5. The quantitative estimate of drug-likeness (QED) is 0.481. The minimum atomic E-state index is -1.06. The summed E-state index contributed by atoms with van der Waals surface area (Å²) in [5.41, 5.74) is 1.46. The Morgan fingerprint density at radius 2 is 1.71 bits per heavy atom. The summed E-state index contributed by atoms with van der Waals surface area (Å²) in [5.74, 6) is -0.384. The number of rotatable bonds is 8. The summed E-state index contributed by atoms with van der Waals surface area (Å²) in [7, 11) is 0. The number of benzene rings is 3. The summed E-state index contributed by atoms with van der Waals surface area (Å²) in [6.45, 7) is 1.96. The first-order chi connectivity index (χ1) is 17.0. The van der Waals surface area contributed by atoms with Crippen molar-refractivity contribution in [3.8, 4) is 11.5 Å². The Labute approximate surface area is 207 Å². The smallest absolute Gasteiger partial charge is 0.265 e. The van der Waals surface area contributed by atoms with Crippen LogP contribution in [0.4, 0.5) is 17.1 Å². The summed E-state index contributed by atoms with van der Waals surface area (Å²) >= 11 is 5.90. The Hall–Kier alpha value is -4.04. The number of nitrogens with zero attached hydrogens (tertiary/aromatic N) is 1. The van der Waals surface area contributed by atoms with E-state index in [9.17, 15) is 14.4 Å². The van der Waals surface area contributed by atoms with Crippen LogP contribution in [0.5, 0.6) is 11.5 Å². The number of ether oxygens (including phenoxy) is 2. The predicted octanol–water partition coefficient (Wildman–Crippen LogP) is 4.50. The molecule has 0 aliphatic carbocycles. The minimum absolute atomic E-state index is 0.257. The van der Waals surface area contributed by atoms with Crippen LogP contribution in [0.2, 0.25) is 5.02 Å². The van der Waals surface area contributed by atoms with Gasteiger partial charge in [-0.1, -0.05) is 35.9 Å². The molecule has 0 saturated carbocycles. The molecular weight excluding hydrogens is 470 g/mol. The molecule has 3 aromatic carbocycles. The lowest BCUT2D eigenvalue weighted by atomic mass is 10.0. The molecule has 0 unspecified atom stereocenters. The van der Waals surface area contributed by atoms with Gasteiger partial charge in [0.15, 0.2) is 6.61 Å². The van der Waals surface area contributed by atoms with Crippen molar-refractivity contribution in [1.82, 2.24) is 0 Å². The van der Waals surface area contributed by atoms with Crippen LogP contribution in [0.3, 0.4) is 0 Å². The van der Waals surface area contributed by atoms with Crippen LogP contribution < -0.4 is 25.0 Å². The van der Waals surface area contributed by atoms with Crippen molar-refractivity contribution in [3.05, 3.63) is 77.8 Å². The SMILES string of the molecule is CCOc1ccccc1NC(=O)C[C@@H]1C(=O)Nc2ccccc2N1C(=O)COc1ccc(Cl)cc1. The van der Waals surface area contributed by atoms with Crippen molar-refractivity contribution in [3.63, 3.8) is 0 Å². The molecule has 180 valence electrons. The highest BCUT2D eigenvalue weighted by Crippen LogP contribution is 2.33. The van der Waals surface area contributed by atoms with Gasteiger partial charge in [-0.2, -0.15) is 0 Å². The van der Waals surface area contributed by atoms with Gasteiger partial charge in [-0.3, -0.25) is 19.3 Å². The van der Waals surface area contributed by atoms with Gasteiger partial charge in [0, 0.05) is 5.02 Å². The number of hydrogen-bond acceptors (Lipinski definition) is 5. The fourth-order valence-corrected chi connectivity index (χ4v) is 3.88. The van der Waals surface area contributed by atoms with Crippen molar-refractivity contribution in [2.75, 3.05) is 28.7 Å². The van der Waals surface area contributed by atoms with Crippen molar-refractivity contribution in [2.24, 2.45) is 0 Å². The molecule has 8 nitrogen and oxygen atoms in total. The van der Waals surface area contributed by atoms with Gasteiger partial charge in [0.05, 0.1) is 30.1 Å². The highest BCUT2D eigenvalue weighted by molar-refractivity contribution is 6.30. The lowest BCUT2D eigenvalue weighted by molar-refractivity contribution is -0.127. The fraction of sp³-hybridized carbons (Fsp3) is 0.192. The number of nitrogens with one attached hydrogen (secondary N) is 2. The van der Waals surface area contributed by atoms with E-state index in [1.807, 2.05) is 6.92 Å². The normalized spacial score (nSPS) is 14.5. The summed E-state index contributed by atoms with van der Waals surface area (Å²) in [6, 6.07) is 19.5. The van der Waals surface area contributed by atoms with Crippen LogP contribution in [0.1, 0.15) is 13.3 Å². The summed E-state index contributed by atoms with van der Waals surface area (Å²) in [6.07, 6.45) is -0.257. The van der Waals surface area contributed by atoms with E-state index in [1.54, 1.807) is 72.8 Å². The molecule has 4 rings (SSSR count). The molecule has 1 heterocycles. The van der Waals surface area contributed by atoms with Gasteiger partial charge in [-0.25, -0.2) is 0 Å². The summed E-state index contributed by atoms with van der Waals surface area (Å²) in [4.78, 5) is 40.5. The maximum Gasteiger partial charge on any atom is 0.265 e.